The van der Waals surface area contributed by atoms with Gasteiger partial charge in [-0.25, -0.2) is 9.78 Å². The molecule has 2 aromatic rings. The van der Waals surface area contributed by atoms with E-state index in [0.29, 0.717) is 6.54 Å². The number of carbonyl (C=O) groups is 1. The molecule has 0 bridgehead atoms. The van der Waals surface area contributed by atoms with E-state index in [-0.39, 0.29) is 6.03 Å². The fourth-order valence-corrected chi connectivity index (χ4v) is 5.09. The van der Waals surface area contributed by atoms with Gasteiger partial charge >= 0.3 is 6.03 Å². The Balaban J connectivity index is 1.61. The number of thiophene rings is 1. The van der Waals surface area contributed by atoms with Crippen LogP contribution < -0.4 is 5.32 Å². The summed E-state index contributed by atoms with van der Waals surface area (Å²) >= 11 is 6.72. The van der Waals surface area contributed by atoms with Gasteiger partial charge in [-0.05, 0) is 53.7 Å². The van der Waals surface area contributed by atoms with Gasteiger partial charge in [-0.1, -0.05) is 6.42 Å². The quantitative estimate of drug-likeness (QED) is 0.745. The zero-order valence-electron chi connectivity index (χ0n) is 12.4. The molecule has 22 heavy (non-hydrogen) atoms. The molecule has 0 aliphatic heterocycles. The molecular formula is C15H18BrN3OS2. The highest BCUT2D eigenvalue weighted by Gasteiger charge is 2.17. The number of rotatable bonds is 3. The Morgan fingerprint density at radius 1 is 1.32 bits per heavy atom. The van der Waals surface area contributed by atoms with Crippen LogP contribution >= 0.6 is 38.6 Å². The highest BCUT2D eigenvalue weighted by atomic mass is 79.9. The van der Waals surface area contributed by atoms with Crippen LogP contribution in [-0.4, -0.2) is 23.0 Å². The Morgan fingerprint density at radius 2 is 2.14 bits per heavy atom. The maximum absolute atomic E-state index is 12.3. The number of halogens is 1. The molecule has 2 heterocycles. The van der Waals surface area contributed by atoms with Crippen molar-refractivity contribution in [2.75, 3.05) is 12.4 Å². The summed E-state index contributed by atoms with van der Waals surface area (Å²) in [5.41, 5.74) is 1.18. The third-order valence-corrected chi connectivity index (χ3v) is 6.36. The van der Waals surface area contributed by atoms with Gasteiger partial charge in [0.15, 0.2) is 5.13 Å². The Labute approximate surface area is 146 Å². The van der Waals surface area contributed by atoms with Crippen LogP contribution in [0.4, 0.5) is 9.93 Å². The first-order chi connectivity index (χ1) is 10.6. The fourth-order valence-electron chi connectivity index (χ4n) is 2.51. The van der Waals surface area contributed by atoms with Crippen molar-refractivity contribution in [1.29, 1.82) is 0 Å². The van der Waals surface area contributed by atoms with Gasteiger partial charge in [0, 0.05) is 16.8 Å². The molecular weight excluding hydrogens is 382 g/mol. The predicted molar refractivity (Wildman–Crippen MR) is 95.9 cm³/mol. The molecule has 0 saturated carbocycles. The minimum absolute atomic E-state index is 0.103. The average Bonchev–Trinajstić information content (AvgIpc) is 2.99. The smallest absolute Gasteiger partial charge is 0.322 e. The van der Waals surface area contributed by atoms with Crippen LogP contribution in [0, 0.1) is 0 Å². The summed E-state index contributed by atoms with van der Waals surface area (Å²) < 4.78 is 1.08. The van der Waals surface area contributed by atoms with Crippen molar-refractivity contribution in [2.45, 2.75) is 38.6 Å². The number of urea groups is 1. The molecule has 0 spiro atoms. The van der Waals surface area contributed by atoms with Gasteiger partial charge in [0.25, 0.3) is 0 Å². The molecule has 0 radical (unpaired) electrons. The summed E-state index contributed by atoms with van der Waals surface area (Å²) in [5, 5.41) is 3.67. The van der Waals surface area contributed by atoms with Crippen molar-refractivity contribution in [3.63, 3.8) is 0 Å². The predicted octanol–water partition coefficient (Wildman–Crippen LogP) is 4.90. The Bertz CT molecular complexity index is 644. The molecule has 1 aliphatic rings. The highest BCUT2D eigenvalue weighted by molar-refractivity contribution is 9.11. The number of fused-ring (bicyclic) bond motifs is 1. The van der Waals surface area contributed by atoms with Crippen LogP contribution in [0.3, 0.4) is 0 Å². The Morgan fingerprint density at radius 3 is 2.91 bits per heavy atom. The number of anilines is 1. The minimum atomic E-state index is -0.103. The zero-order chi connectivity index (χ0) is 15.5. The van der Waals surface area contributed by atoms with Gasteiger partial charge in [0.2, 0.25) is 0 Å². The van der Waals surface area contributed by atoms with E-state index in [9.17, 15) is 4.79 Å². The summed E-state index contributed by atoms with van der Waals surface area (Å²) in [6.07, 6.45) is 5.86. The molecule has 118 valence electrons. The number of aromatic nitrogens is 1. The lowest BCUT2D eigenvalue weighted by Crippen LogP contribution is -2.30. The number of thiazole rings is 1. The van der Waals surface area contributed by atoms with Crippen molar-refractivity contribution < 1.29 is 4.79 Å². The first kappa shape index (κ1) is 16.0. The monoisotopic (exact) mass is 399 g/mol. The molecule has 0 fully saturated rings. The highest BCUT2D eigenvalue weighted by Crippen LogP contribution is 2.29. The minimum Gasteiger partial charge on any atom is -0.322 e. The Kier molecular flexibility index (Phi) is 5.15. The Hall–Kier alpha value is -0.920. The van der Waals surface area contributed by atoms with Crippen molar-refractivity contribution in [2.24, 2.45) is 0 Å². The van der Waals surface area contributed by atoms with E-state index in [1.165, 1.54) is 29.8 Å². The molecule has 1 N–H and O–H groups in total. The van der Waals surface area contributed by atoms with Gasteiger partial charge < -0.3 is 4.90 Å². The third kappa shape index (κ3) is 3.88. The van der Waals surface area contributed by atoms with E-state index in [1.807, 2.05) is 19.2 Å². The van der Waals surface area contributed by atoms with E-state index in [4.69, 9.17) is 0 Å². The van der Waals surface area contributed by atoms with Crippen molar-refractivity contribution in [3.05, 3.63) is 31.4 Å². The molecule has 4 nitrogen and oxygen atoms in total. The average molecular weight is 400 g/mol. The van der Waals surface area contributed by atoms with Gasteiger partial charge in [0.1, 0.15) is 0 Å². The molecule has 0 atom stereocenters. The lowest BCUT2D eigenvalue weighted by molar-refractivity contribution is 0.221. The van der Waals surface area contributed by atoms with Gasteiger partial charge in [-0.3, -0.25) is 5.32 Å². The maximum Gasteiger partial charge on any atom is 0.323 e. The third-order valence-electron chi connectivity index (χ3n) is 3.68. The molecule has 2 amide bonds. The normalized spacial score (nSPS) is 14.3. The van der Waals surface area contributed by atoms with Crippen LogP contribution in [0.25, 0.3) is 0 Å². The molecule has 0 aromatic carbocycles. The van der Waals surface area contributed by atoms with Gasteiger partial charge in [-0.15, -0.1) is 22.7 Å². The topological polar surface area (TPSA) is 45.2 Å². The molecule has 2 aromatic heterocycles. The van der Waals surface area contributed by atoms with Crippen LogP contribution in [0.1, 0.15) is 34.7 Å². The SMILES string of the molecule is CN(Cc1ccc(Br)s1)C(=O)Nc1nc2c(s1)CCCCC2. The summed E-state index contributed by atoms with van der Waals surface area (Å²) in [6, 6.07) is 3.93. The molecule has 7 heteroatoms. The number of hydrogen-bond donors (Lipinski definition) is 1. The molecule has 3 rings (SSSR count). The summed E-state index contributed by atoms with van der Waals surface area (Å²) in [7, 11) is 1.81. The van der Waals surface area contributed by atoms with E-state index >= 15 is 0 Å². The number of amides is 2. The lowest BCUT2D eigenvalue weighted by atomic mass is 10.2. The standard InChI is InChI=1S/C15H18BrN3OS2/c1-19(9-10-7-8-13(16)21-10)15(20)18-14-17-11-5-3-2-4-6-12(11)22-14/h7-8H,2-6,9H2,1H3,(H,17,18,20). The summed E-state index contributed by atoms with van der Waals surface area (Å²) in [5.74, 6) is 0. The van der Waals surface area contributed by atoms with E-state index in [0.717, 1.165) is 26.6 Å². The number of nitrogens with one attached hydrogen (secondary N) is 1. The van der Waals surface area contributed by atoms with Crippen molar-refractivity contribution in [1.82, 2.24) is 9.88 Å². The van der Waals surface area contributed by atoms with E-state index in [1.54, 1.807) is 27.6 Å². The van der Waals surface area contributed by atoms with Gasteiger partial charge in [-0.2, -0.15) is 0 Å². The first-order valence-electron chi connectivity index (χ1n) is 7.37. The van der Waals surface area contributed by atoms with Gasteiger partial charge in [0.05, 0.1) is 16.0 Å². The number of hydrogen-bond acceptors (Lipinski definition) is 4. The maximum atomic E-state index is 12.3. The lowest BCUT2D eigenvalue weighted by Gasteiger charge is -2.15. The van der Waals surface area contributed by atoms with E-state index < -0.39 is 0 Å². The molecule has 1 aliphatic carbocycles. The number of nitrogens with zero attached hydrogens (tertiary/aromatic N) is 2. The van der Waals surface area contributed by atoms with Crippen molar-refractivity contribution in [3.8, 4) is 0 Å². The van der Waals surface area contributed by atoms with Crippen LogP contribution in [-0.2, 0) is 19.4 Å². The zero-order valence-corrected chi connectivity index (χ0v) is 15.6. The van der Waals surface area contributed by atoms with Crippen molar-refractivity contribution >= 4 is 49.8 Å². The summed E-state index contributed by atoms with van der Waals surface area (Å²) in [6.45, 7) is 0.604. The number of aryl methyl sites for hydroxylation is 2. The molecule has 0 unspecified atom stereocenters. The van der Waals surface area contributed by atoms with Crippen LogP contribution in [0.2, 0.25) is 0 Å². The molecule has 0 saturated heterocycles. The van der Waals surface area contributed by atoms with Crippen LogP contribution in [0.5, 0.6) is 0 Å². The summed E-state index contributed by atoms with van der Waals surface area (Å²) in [4.78, 5) is 21.1. The first-order valence-corrected chi connectivity index (χ1v) is 9.79. The fraction of sp³-hybridized carbons (Fsp3) is 0.467. The second-order valence-corrected chi connectivity index (χ2v) is 9.07. The number of carbonyl (C=O) groups excluding carboxylic acids is 1. The second kappa shape index (κ2) is 7.10. The van der Waals surface area contributed by atoms with Crippen LogP contribution in [0.15, 0.2) is 15.9 Å². The van der Waals surface area contributed by atoms with E-state index in [2.05, 4.69) is 26.2 Å². The second-order valence-electron chi connectivity index (χ2n) is 5.44. The largest absolute Gasteiger partial charge is 0.323 e.